The molecule has 0 N–H and O–H groups in total. The van der Waals surface area contributed by atoms with Crippen molar-refractivity contribution < 1.29 is 23.0 Å². The molecule has 16 heavy (non-hydrogen) atoms. The largest absolute Gasteiger partial charge is 0.491 e. The summed E-state index contributed by atoms with van der Waals surface area (Å²) in [7, 11) is 0. The monoisotopic (exact) mass is 230 g/mol. The summed E-state index contributed by atoms with van der Waals surface area (Å²) in [4.78, 5) is 11.2. The van der Waals surface area contributed by atoms with Crippen LogP contribution in [-0.2, 0) is 4.74 Å². The van der Waals surface area contributed by atoms with Crippen LogP contribution in [0.1, 0.15) is 24.2 Å². The molecule has 1 aromatic rings. The fourth-order valence-corrected chi connectivity index (χ4v) is 1.17. The summed E-state index contributed by atoms with van der Waals surface area (Å²) in [6, 6.07) is 2.34. The van der Waals surface area contributed by atoms with Gasteiger partial charge in [0.1, 0.15) is 0 Å². The van der Waals surface area contributed by atoms with Crippen molar-refractivity contribution in [1.29, 1.82) is 0 Å². The summed E-state index contributed by atoms with van der Waals surface area (Å²) < 4.78 is 36.2. The first-order valence-corrected chi connectivity index (χ1v) is 4.89. The van der Waals surface area contributed by atoms with Gasteiger partial charge in [-0.05, 0) is 26.0 Å². The number of esters is 1. The summed E-state index contributed by atoms with van der Waals surface area (Å²) in [5.74, 6) is -3.52. The topological polar surface area (TPSA) is 35.5 Å². The van der Waals surface area contributed by atoms with Crippen molar-refractivity contribution in [2.24, 2.45) is 0 Å². The molecule has 0 heterocycles. The van der Waals surface area contributed by atoms with Gasteiger partial charge in [-0.25, -0.2) is 9.18 Å². The number of carbonyl (C=O) groups is 1. The molecule has 0 bridgehead atoms. The van der Waals surface area contributed by atoms with Crippen LogP contribution in [0.5, 0.6) is 5.75 Å². The number of rotatable bonds is 4. The molecule has 88 valence electrons. The number of ether oxygens (including phenoxy) is 2. The zero-order valence-corrected chi connectivity index (χ0v) is 9.05. The molecule has 0 radical (unpaired) electrons. The van der Waals surface area contributed by atoms with Gasteiger partial charge >= 0.3 is 5.97 Å². The third-order valence-corrected chi connectivity index (χ3v) is 1.84. The Morgan fingerprint density at radius 3 is 2.44 bits per heavy atom. The second kappa shape index (κ2) is 5.44. The SMILES string of the molecule is CCOC(=O)c1ccc(OCC)c(F)c1F. The molecule has 0 fully saturated rings. The van der Waals surface area contributed by atoms with Crippen LogP contribution in [0.3, 0.4) is 0 Å². The van der Waals surface area contributed by atoms with E-state index in [2.05, 4.69) is 4.74 Å². The van der Waals surface area contributed by atoms with Crippen LogP contribution in [0.25, 0.3) is 0 Å². The zero-order chi connectivity index (χ0) is 12.1. The van der Waals surface area contributed by atoms with Crippen LogP contribution in [-0.4, -0.2) is 19.2 Å². The van der Waals surface area contributed by atoms with E-state index in [0.717, 1.165) is 6.07 Å². The standard InChI is InChI=1S/C11H12F2O3/c1-3-15-8-6-5-7(9(12)10(8)13)11(14)16-4-2/h5-6H,3-4H2,1-2H3. The van der Waals surface area contributed by atoms with Gasteiger partial charge in [0.2, 0.25) is 5.82 Å². The lowest BCUT2D eigenvalue weighted by molar-refractivity contribution is 0.0519. The third kappa shape index (κ3) is 2.48. The number of carbonyl (C=O) groups excluding carboxylic acids is 1. The Morgan fingerprint density at radius 1 is 1.19 bits per heavy atom. The molecule has 5 heteroatoms. The molecular weight excluding hydrogens is 218 g/mol. The molecule has 1 aromatic carbocycles. The van der Waals surface area contributed by atoms with Crippen LogP contribution in [0.4, 0.5) is 8.78 Å². The third-order valence-electron chi connectivity index (χ3n) is 1.84. The lowest BCUT2D eigenvalue weighted by Crippen LogP contribution is -2.09. The lowest BCUT2D eigenvalue weighted by atomic mass is 10.2. The summed E-state index contributed by atoms with van der Waals surface area (Å²) in [5.41, 5.74) is -0.428. The van der Waals surface area contributed by atoms with Gasteiger partial charge in [0, 0.05) is 0 Å². The van der Waals surface area contributed by atoms with Gasteiger partial charge in [0.15, 0.2) is 11.6 Å². The van der Waals surface area contributed by atoms with Crippen LogP contribution < -0.4 is 4.74 Å². The minimum absolute atomic E-state index is 0.104. The van der Waals surface area contributed by atoms with Crippen molar-refractivity contribution in [3.63, 3.8) is 0 Å². The predicted octanol–water partition coefficient (Wildman–Crippen LogP) is 2.54. The van der Waals surface area contributed by atoms with E-state index in [1.807, 2.05) is 0 Å². The average molecular weight is 230 g/mol. The van der Waals surface area contributed by atoms with E-state index < -0.39 is 23.2 Å². The van der Waals surface area contributed by atoms with E-state index in [-0.39, 0.29) is 19.0 Å². The highest BCUT2D eigenvalue weighted by molar-refractivity contribution is 5.89. The molecule has 0 aromatic heterocycles. The van der Waals surface area contributed by atoms with Gasteiger partial charge in [-0.3, -0.25) is 0 Å². The molecular formula is C11H12F2O3. The molecule has 0 saturated heterocycles. The molecule has 0 aliphatic rings. The smallest absolute Gasteiger partial charge is 0.341 e. The number of benzene rings is 1. The maximum atomic E-state index is 13.4. The first kappa shape index (κ1) is 12.4. The molecule has 0 aliphatic heterocycles. The number of halogens is 2. The van der Waals surface area contributed by atoms with Crippen molar-refractivity contribution in [2.45, 2.75) is 13.8 Å². The molecule has 0 unspecified atom stereocenters. The second-order valence-electron chi connectivity index (χ2n) is 2.89. The Bertz CT molecular complexity index is 391. The number of hydrogen-bond acceptors (Lipinski definition) is 3. The highest BCUT2D eigenvalue weighted by Crippen LogP contribution is 2.23. The second-order valence-corrected chi connectivity index (χ2v) is 2.89. The molecule has 0 saturated carbocycles. The highest BCUT2D eigenvalue weighted by atomic mass is 19.2. The highest BCUT2D eigenvalue weighted by Gasteiger charge is 2.19. The van der Waals surface area contributed by atoms with Gasteiger partial charge in [0.05, 0.1) is 18.8 Å². The van der Waals surface area contributed by atoms with Gasteiger partial charge in [-0.15, -0.1) is 0 Å². The van der Waals surface area contributed by atoms with Crippen LogP contribution in [0.15, 0.2) is 12.1 Å². The minimum Gasteiger partial charge on any atom is -0.491 e. The normalized spacial score (nSPS) is 10.0. The van der Waals surface area contributed by atoms with Gasteiger partial charge in [0.25, 0.3) is 0 Å². The van der Waals surface area contributed by atoms with Gasteiger partial charge < -0.3 is 9.47 Å². The molecule has 0 spiro atoms. The van der Waals surface area contributed by atoms with Crippen molar-refractivity contribution in [3.8, 4) is 5.75 Å². The molecule has 0 atom stereocenters. The van der Waals surface area contributed by atoms with Crippen molar-refractivity contribution in [1.82, 2.24) is 0 Å². The Morgan fingerprint density at radius 2 is 1.88 bits per heavy atom. The van der Waals surface area contributed by atoms with Crippen molar-refractivity contribution in [3.05, 3.63) is 29.3 Å². The molecule has 0 aliphatic carbocycles. The van der Waals surface area contributed by atoms with E-state index >= 15 is 0 Å². The van der Waals surface area contributed by atoms with Crippen LogP contribution >= 0.6 is 0 Å². The Labute approximate surface area is 92.0 Å². The summed E-state index contributed by atoms with van der Waals surface area (Å²) in [5, 5.41) is 0. The van der Waals surface area contributed by atoms with E-state index in [9.17, 15) is 13.6 Å². The Kier molecular flexibility index (Phi) is 4.22. The minimum atomic E-state index is -1.25. The van der Waals surface area contributed by atoms with Crippen LogP contribution in [0, 0.1) is 11.6 Å². The summed E-state index contributed by atoms with van der Waals surface area (Å²) in [6.07, 6.45) is 0. The lowest BCUT2D eigenvalue weighted by Gasteiger charge is -2.08. The maximum absolute atomic E-state index is 13.4. The van der Waals surface area contributed by atoms with Crippen molar-refractivity contribution >= 4 is 5.97 Å². The molecule has 0 amide bonds. The number of hydrogen-bond donors (Lipinski definition) is 0. The fraction of sp³-hybridized carbons (Fsp3) is 0.364. The fourth-order valence-electron chi connectivity index (χ4n) is 1.17. The van der Waals surface area contributed by atoms with E-state index in [0.29, 0.717) is 0 Å². The van der Waals surface area contributed by atoms with Crippen LogP contribution in [0.2, 0.25) is 0 Å². The van der Waals surface area contributed by atoms with E-state index in [4.69, 9.17) is 4.74 Å². The maximum Gasteiger partial charge on any atom is 0.341 e. The van der Waals surface area contributed by atoms with Crippen molar-refractivity contribution in [2.75, 3.05) is 13.2 Å². The average Bonchev–Trinajstić information content (AvgIpc) is 2.25. The predicted molar refractivity (Wildman–Crippen MR) is 53.5 cm³/mol. The summed E-state index contributed by atoms with van der Waals surface area (Å²) in [6.45, 7) is 3.56. The summed E-state index contributed by atoms with van der Waals surface area (Å²) >= 11 is 0. The van der Waals surface area contributed by atoms with E-state index in [1.165, 1.54) is 6.07 Å². The van der Waals surface area contributed by atoms with E-state index in [1.54, 1.807) is 13.8 Å². The molecule has 3 nitrogen and oxygen atoms in total. The first-order valence-electron chi connectivity index (χ1n) is 4.89. The Hall–Kier alpha value is -1.65. The first-order chi connectivity index (χ1) is 7.61. The van der Waals surface area contributed by atoms with Gasteiger partial charge in [-0.1, -0.05) is 0 Å². The van der Waals surface area contributed by atoms with Gasteiger partial charge in [-0.2, -0.15) is 4.39 Å². The quantitative estimate of drug-likeness (QED) is 0.745. The molecule has 1 rings (SSSR count). The Balaban J connectivity index is 3.06. The zero-order valence-electron chi connectivity index (χ0n) is 9.05.